The van der Waals surface area contributed by atoms with Gasteiger partial charge in [-0.05, 0) is 13.8 Å². The maximum Gasteiger partial charge on any atom is 0.510 e. The summed E-state index contributed by atoms with van der Waals surface area (Å²) in [6, 6.07) is 0. The molecule has 92 valence electrons. The first-order valence-electron chi connectivity index (χ1n) is 4.92. The minimum Gasteiger partial charge on any atom is -0.420 e. The molecule has 0 N–H and O–H groups in total. The van der Waals surface area contributed by atoms with Crippen LogP contribution in [0.3, 0.4) is 0 Å². The van der Waals surface area contributed by atoms with Crippen LogP contribution in [0.15, 0.2) is 25.3 Å². The molecule has 0 bridgehead atoms. The van der Waals surface area contributed by atoms with E-state index in [4.69, 9.17) is 9.47 Å². The molecule has 0 fully saturated rings. The largest absolute Gasteiger partial charge is 0.510 e. The number of carbonyl (C=O) groups is 1. The van der Waals surface area contributed by atoms with Crippen molar-refractivity contribution in [2.24, 2.45) is 0 Å². The van der Waals surface area contributed by atoms with Gasteiger partial charge in [-0.25, -0.2) is 4.79 Å². The van der Waals surface area contributed by atoms with Crippen molar-refractivity contribution >= 4 is 29.7 Å². The Kier molecular flexibility index (Phi) is 9.33. The van der Waals surface area contributed by atoms with Crippen LogP contribution in [0.4, 0.5) is 4.79 Å². The van der Waals surface area contributed by atoms with Gasteiger partial charge in [0.2, 0.25) is 0 Å². The third kappa shape index (κ3) is 8.73. The molecule has 0 aliphatic carbocycles. The molecule has 0 heterocycles. The molecule has 16 heavy (non-hydrogen) atoms. The van der Waals surface area contributed by atoms with Crippen molar-refractivity contribution < 1.29 is 14.3 Å². The van der Waals surface area contributed by atoms with Gasteiger partial charge in [-0.3, -0.25) is 0 Å². The van der Waals surface area contributed by atoms with E-state index >= 15 is 0 Å². The first-order chi connectivity index (χ1) is 7.60. The molecule has 0 aliphatic rings. The van der Waals surface area contributed by atoms with E-state index in [-0.39, 0.29) is 10.9 Å². The highest BCUT2D eigenvalue weighted by Crippen LogP contribution is 2.16. The lowest BCUT2D eigenvalue weighted by atomic mass is 10.8. The van der Waals surface area contributed by atoms with E-state index in [1.54, 1.807) is 26.0 Å². The van der Waals surface area contributed by atoms with E-state index in [2.05, 4.69) is 13.2 Å². The number of carbonyl (C=O) groups excluding carboxylic acids is 1. The average Bonchev–Trinajstić information content (AvgIpc) is 2.23. The molecule has 0 radical (unpaired) electrons. The van der Waals surface area contributed by atoms with Gasteiger partial charge < -0.3 is 9.47 Å². The molecule has 0 amide bonds. The summed E-state index contributed by atoms with van der Waals surface area (Å²) < 4.78 is 10.0. The minimum atomic E-state index is -0.631. The highest BCUT2D eigenvalue weighted by atomic mass is 32.2. The van der Waals surface area contributed by atoms with Crippen molar-refractivity contribution in [2.45, 2.75) is 24.7 Å². The van der Waals surface area contributed by atoms with E-state index in [1.807, 2.05) is 0 Å². The Balaban J connectivity index is 3.70. The molecular weight excluding hydrogens is 244 g/mol. The van der Waals surface area contributed by atoms with Crippen molar-refractivity contribution in [3.63, 3.8) is 0 Å². The van der Waals surface area contributed by atoms with Gasteiger partial charge >= 0.3 is 6.16 Å². The minimum absolute atomic E-state index is 0.220. The van der Waals surface area contributed by atoms with Crippen molar-refractivity contribution in [3.8, 4) is 0 Å². The van der Waals surface area contributed by atoms with Crippen LogP contribution >= 0.6 is 23.5 Å². The summed E-state index contributed by atoms with van der Waals surface area (Å²) in [4.78, 5) is 11.3. The Morgan fingerprint density at radius 2 is 1.50 bits per heavy atom. The highest BCUT2D eigenvalue weighted by Gasteiger charge is 2.13. The first-order valence-corrected chi connectivity index (χ1v) is 7.02. The van der Waals surface area contributed by atoms with Crippen molar-refractivity contribution in [2.75, 3.05) is 11.5 Å². The smallest absolute Gasteiger partial charge is 0.420 e. The van der Waals surface area contributed by atoms with Crippen LogP contribution in [0.25, 0.3) is 0 Å². The quantitative estimate of drug-likeness (QED) is 0.379. The van der Waals surface area contributed by atoms with Crippen molar-refractivity contribution in [1.82, 2.24) is 0 Å². The van der Waals surface area contributed by atoms with Gasteiger partial charge in [0.25, 0.3) is 0 Å². The normalized spacial score (nSPS) is 13.6. The van der Waals surface area contributed by atoms with E-state index < -0.39 is 6.16 Å². The Hall–Kier alpha value is -0.550. The van der Waals surface area contributed by atoms with Gasteiger partial charge in [-0.2, -0.15) is 0 Å². The molecule has 0 rings (SSSR count). The number of rotatable bonds is 8. The summed E-state index contributed by atoms with van der Waals surface area (Å²) in [6.07, 6.45) is 2.89. The molecule has 0 spiro atoms. The summed E-state index contributed by atoms with van der Waals surface area (Å²) in [6.45, 7) is 10.8. The van der Waals surface area contributed by atoms with Crippen LogP contribution in [-0.4, -0.2) is 28.5 Å². The SMILES string of the molecule is C=CCSC(C)OC(=O)OC(C)SCC=C. The highest BCUT2D eigenvalue weighted by molar-refractivity contribution is 8.00. The number of ether oxygens (including phenoxy) is 2. The van der Waals surface area contributed by atoms with E-state index in [1.165, 1.54) is 23.5 Å². The molecular formula is C11H18O3S2. The van der Waals surface area contributed by atoms with Crippen LogP contribution < -0.4 is 0 Å². The first kappa shape index (κ1) is 15.4. The number of thioether (sulfide) groups is 2. The van der Waals surface area contributed by atoms with Crippen molar-refractivity contribution in [1.29, 1.82) is 0 Å². The summed E-state index contributed by atoms with van der Waals surface area (Å²) in [5.74, 6) is 1.49. The van der Waals surface area contributed by atoms with Gasteiger partial charge in [0.1, 0.15) is 10.9 Å². The molecule has 0 aromatic heterocycles. The fourth-order valence-corrected chi connectivity index (χ4v) is 1.88. The Bertz CT molecular complexity index is 209. The second-order valence-electron chi connectivity index (χ2n) is 2.86. The summed E-state index contributed by atoms with van der Waals surface area (Å²) >= 11 is 2.97. The standard InChI is InChI=1S/C11H18O3S2/c1-5-7-15-9(3)13-11(12)14-10(4)16-8-6-2/h5-6,9-10H,1-2,7-8H2,3-4H3. The van der Waals surface area contributed by atoms with Crippen LogP contribution in [0.1, 0.15) is 13.8 Å². The van der Waals surface area contributed by atoms with Gasteiger partial charge in [0, 0.05) is 11.5 Å². The lowest BCUT2D eigenvalue weighted by molar-refractivity contribution is 0.0476. The lowest BCUT2D eigenvalue weighted by Gasteiger charge is -2.15. The fourth-order valence-electron chi connectivity index (χ4n) is 0.774. The fraction of sp³-hybridized carbons (Fsp3) is 0.545. The topological polar surface area (TPSA) is 35.5 Å². The third-order valence-electron chi connectivity index (χ3n) is 1.42. The Morgan fingerprint density at radius 3 is 1.81 bits per heavy atom. The van der Waals surface area contributed by atoms with Gasteiger partial charge in [-0.15, -0.1) is 36.7 Å². The molecule has 0 saturated carbocycles. The van der Waals surface area contributed by atoms with Gasteiger partial charge in [-0.1, -0.05) is 12.2 Å². The second kappa shape index (κ2) is 9.66. The molecule has 2 atom stereocenters. The van der Waals surface area contributed by atoms with E-state index in [9.17, 15) is 4.79 Å². The van der Waals surface area contributed by atoms with E-state index in [0.717, 1.165) is 11.5 Å². The predicted molar refractivity (Wildman–Crippen MR) is 71.8 cm³/mol. The monoisotopic (exact) mass is 262 g/mol. The van der Waals surface area contributed by atoms with Crippen LogP contribution in [0.2, 0.25) is 0 Å². The lowest BCUT2D eigenvalue weighted by Crippen LogP contribution is -2.17. The van der Waals surface area contributed by atoms with Crippen molar-refractivity contribution in [3.05, 3.63) is 25.3 Å². The number of hydrogen-bond donors (Lipinski definition) is 0. The zero-order valence-electron chi connectivity index (χ0n) is 9.68. The molecule has 0 saturated heterocycles. The maximum atomic E-state index is 11.3. The average molecular weight is 262 g/mol. The maximum absolute atomic E-state index is 11.3. The summed E-state index contributed by atoms with van der Waals surface area (Å²) in [5.41, 5.74) is -0.441. The molecule has 0 aromatic carbocycles. The molecule has 0 aromatic rings. The summed E-state index contributed by atoms with van der Waals surface area (Å²) in [7, 11) is 0. The van der Waals surface area contributed by atoms with Crippen LogP contribution in [0, 0.1) is 0 Å². The van der Waals surface area contributed by atoms with Crippen LogP contribution in [0.5, 0.6) is 0 Å². The van der Waals surface area contributed by atoms with Crippen LogP contribution in [-0.2, 0) is 9.47 Å². The van der Waals surface area contributed by atoms with Gasteiger partial charge in [0.05, 0.1) is 0 Å². The molecule has 3 nitrogen and oxygen atoms in total. The molecule has 2 unspecified atom stereocenters. The Labute approximate surface area is 106 Å². The number of hydrogen-bond acceptors (Lipinski definition) is 5. The molecule has 5 heteroatoms. The van der Waals surface area contributed by atoms with Gasteiger partial charge in [0.15, 0.2) is 0 Å². The summed E-state index contributed by atoms with van der Waals surface area (Å²) in [5, 5.41) is 0. The van der Waals surface area contributed by atoms with E-state index in [0.29, 0.717) is 0 Å². The zero-order valence-corrected chi connectivity index (χ0v) is 11.3. The second-order valence-corrected chi connectivity index (χ2v) is 5.53. The third-order valence-corrected chi connectivity index (χ3v) is 3.41. The predicted octanol–water partition coefficient (Wildman–Crippen LogP) is 3.67. The Morgan fingerprint density at radius 1 is 1.12 bits per heavy atom. The molecule has 0 aliphatic heterocycles. The zero-order chi connectivity index (χ0) is 12.4.